The molecule has 0 fully saturated rings. The minimum atomic E-state index is -0.748. The van der Waals surface area contributed by atoms with Crippen molar-refractivity contribution >= 4 is 17.4 Å². The fourth-order valence-electron chi connectivity index (χ4n) is 1.50. The van der Waals surface area contributed by atoms with E-state index in [4.69, 9.17) is 4.42 Å². The summed E-state index contributed by atoms with van der Waals surface area (Å²) in [6.07, 6.45) is 0.736. The van der Waals surface area contributed by atoms with Crippen LogP contribution in [0, 0.1) is 17.0 Å². The molecular formula is C12H12N2O4S. The molecular weight excluding hydrogens is 268 g/mol. The predicted molar refractivity (Wildman–Crippen MR) is 69.1 cm³/mol. The molecule has 0 unspecified atom stereocenters. The van der Waals surface area contributed by atoms with Crippen LogP contribution in [0.3, 0.4) is 0 Å². The molecule has 2 aromatic rings. The molecule has 0 aliphatic rings. The number of aryl methyl sites for hydroxylation is 1. The maximum Gasteiger partial charge on any atom is 0.283 e. The quantitative estimate of drug-likeness (QED) is 0.683. The first-order valence-corrected chi connectivity index (χ1v) is 6.35. The molecule has 100 valence electrons. The molecule has 0 bridgehead atoms. The summed E-state index contributed by atoms with van der Waals surface area (Å²) in [5.74, 6) is 0. The second-order valence-corrected chi connectivity index (χ2v) is 5.01. The van der Waals surface area contributed by atoms with Crippen molar-refractivity contribution in [3.63, 3.8) is 0 Å². The van der Waals surface area contributed by atoms with Crippen LogP contribution in [0.5, 0.6) is 0 Å². The molecule has 1 N–H and O–H groups in total. The normalized spacial score (nSPS) is 12.4. The highest BCUT2D eigenvalue weighted by molar-refractivity contribution is 7.99. The van der Waals surface area contributed by atoms with E-state index in [1.54, 1.807) is 26.0 Å². The summed E-state index contributed by atoms with van der Waals surface area (Å²) in [5, 5.41) is 20.9. The van der Waals surface area contributed by atoms with Gasteiger partial charge < -0.3 is 9.52 Å². The van der Waals surface area contributed by atoms with Crippen molar-refractivity contribution in [3.05, 3.63) is 45.8 Å². The predicted octanol–water partition coefficient (Wildman–Crippen LogP) is 3.10. The number of aromatic nitrogens is 1. The molecule has 0 saturated heterocycles. The van der Waals surface area contributed by atoms with Crippen molar-refractivity contribution in [2.45, 2.75) is 30.1 Å². The number of aliphatic hydroxyl groups excluding tert-OH is 1. The van der Waals surface area contributed by atoms with Crippen LogP contribution in [0.4, 0.5) is 5.69 Å². The van der Waals surface area contributed by atoms with E-state index in [-0.39, 0.29) is 5.69 Å². The molecule has 0 amide bonds. The van der Waals surface area contributed by atoms with Crippen LogP contribution in [0.15, 0.2) is 39.0 Å². The average molecular weight is 280 g/mol. The third kappa shape index (κ3) is 3.12. The highest BCUT2D eigenvalue weighted by Gasteiger charge is 2.18. The Morgan fingerprint density at radius 1 is 1.53 bits per heavy atom. The van der Waals surface area contributed by atoms with Gasteiger partial charge in [0.2, 0.25) is 0 Å². The molecule has 0 aliphatic carbocycles. The lowest BCUT2D eigenvalue weighted by Crippen LogP contribution is -1.96. The van der Waals surface area contributed by atoms with Gasteiger partial charge in [-0.15, -0.1) is 0 Å². The molecule has 1 atom stereocenters. The van der Waals surface area contributed by atoms with Crippen LogP contribution in [-0.2, 0) is 0 Å². The Kier molecular flexibility index (Phi) is 3.87. The van der Waals surface area contributed by atoms with Crippen molar-refractivity contribution in [1.82, 2.24) is 4.98 Å². The third-order valence-corrected chi connectivity index (χ3v) is 3.38. The Balaban J connectivity index is 2.36. The lowest BCUT2D eigenvalue weighted by atomic mass is 10.1. The van der Waals surface area contributed by atoms with Crippen LogP contribution >= 0.6 is 11.8 Å². The Bertz CT molecular complexity index is 610. The van der Waals surface area contributed by atoms with Crippen LogP contribution in [0.1, 0.15) is 24.3 Å². The molecule has 1 aromatic heterocycles. The van der Waals surface area contributed by atoms with E-state index < -0.39 is 11.0 Å². The number of benzene rings is 1. The van der Waals surface area contributed by atoms with Crippen molar-refractivity contribution in [1.29, 1.82) is 0 Å². The summed E-state index contributed by atoms with van der Waals surface area (Å²) in [6, 6.07) is 4.60. The SMILES string of the molecule is Cc1coc(Sc2ccc([C@H](C)O)cc2[N+](=O)[O-])n1. The van der Waals surface area contributed by atoms with Gasteiger partial charge in [0.05, 0.1) is 21.6 Å². The fourth-order valence-corrected chi connectivity index (χ4v) is 2.34. The van der Waals surface area contributed by atoms with Crippen molar-refractivity contribution in [2.24, 2.45) is 0 Å². The van der Waals surface area contributed by atoms with E-state index in [9.17, 15) is 15.2 Å². The van der Waals surface area contributed by atoms with E-state index in [0.29, 0.717) is 21.4 Å². The zero-order chi connectivity index (χ0) is 14.0. The molecule has 1 aromatic carbocycles. The first-order valence-electron chi connectivity index (χ1n) is 5.53. The number of hydrogen-bond donors (Lipinski definition) is 1. The largest absolute Gasteiger partial charge is 0.439 e. The van der Waals surface area contributed by atoms with E-state index in [0.717, 1.165) is 11.8 Å². The number of nitro groups is 1. The number of nitrogens with zero attached hydrogens (tertiary/aromatic N) is 2. The summed E-state index contributed by atoms with van der Waals surface area (Å²) in [7, 11) is 0. The van der Waals surface area contributed by atoms with Gasteiger partial charge in [-0.05, 0) is 37.2 Å². The molecule has 6 nitrogen and oxygen atoms in total. The van der Waals surface area contributed by atoms with Gasteiger partial charge in [0.15, 0.2) is 0 Å². The second-order valence-electron chi connectivity index (χ2n) is 4.02. The molecule has 19 heavy (non-hydrogen) atoms. The van der Waals surface area contributed by atoms with Gasteiger partial charge in [0.1, 0.15) is 6.26 Å². The van der Waals surface area contributed by atoms with Crippen LogP contribution in [0.25, 0.3) is 0 Å². The number of aliphatic hydroxyl groups is 1. The minimum Gasteiger partial charge on any atom is -0.439 e. The number of oxazole rings is 1. The van der Waals surface area contributed by atoms with Gasteiger partial charge in [-0.1, -0.05) is 6.07 Å². The minimum absolute atomic E-state index is 0.0701. The molecule has 1 heterocycles. The van der Waals surface area contributed by atoms with Gasteiger partial charge in [-0.25, -0.2) is 4.98 Å². The summed E-state index contributed by atoms with van der Waals surface area (Å²) in [4.78, 5) is 15.1. The highest BCUT2D eigenvalue weighted by Crippen LogP contribution is 2.35. The fraction of sp³-hybridized carbons (Fsp3) is 0.250. The summed E-state index contributed by atoms with van der Waals surface area (Å²) in [6.45, 7) is 3.34. The maximum absolute atomic E-state index is 11.1. The highest BCUT2D eigenvalue weighted by atomic mass is 32.2. The van der Waals surface area contributed by atoms with Gasteiger partial charge in [0, 0.05) is 6.07 Å². The number of hydrogen-bond acceptors (Lipinski definition) is 6. The van der Waals surface area contributed by atoms with Gasteiger partial charge in [-0.2, -0.15) is 0 Å². The molecule has 2 rings (SSSR count). The Morgan fingerprint density at radius 2 is 2.26 bits per heavy atom. The summed E-state index contributed by atoms with van der Waals surface area (Å²) in [5.41, 5.74) is 1.14. The average Bonchev–Trinajstić information content (AvgIpc) is 2.74. The monoisotopic (exact) mass is 280 g/mol. The van der Waals surface area contributed by atoms with E-state index in [2.05, 4.69) is 4.98 Å². The molecule has 7 heteroatoms. The summed E-state index contributed by atoms with van der Waals surface area (Å²) < 4.78 is 5.16. The first kappa shape index (κ1) is 13.6. The van der Waals surface area contributed by atoms with Crippen LogP contribution < -0.4 is 0 Å². The van der Waals surface area contributed by atoms with Gasteiger partial charge in [-0.3, -0.25) is 10.1 Å². The van der Waals surface area contributed by atoms with Gasteiger partial charge >= 0.3 is 0 Å². The van der Waals surface area contributed by atoms with Gasteiger partial charge in [0.25, 0.3) is 10.9 Å². The van der Waals surface area contributed by atoms with E-state index in [1.165, 1.54) is 12.3 Å². The second kappa shape index (κ2) is 5.41. The first-order chi connectivity index (χ1) is 8.97. The van der Waals surface area contributed by atoms with Crippen molar-refractivity contribution < 1.29 is 14.4 Å². The third-order valence-electron chi connectivity index (χ3n) is 2.46. The van der Waals surface area contributed by atoms with E-state index >= 15 is 0 Å². The maximum atomic E-state index is 11.1. The van der Waals surface area contributed by atoms with Crippen LogP contribution in [0.2, 0.25) is 0 Å². The summed E-state index contributed by atoms with van der Waals surface area (Å²) >= 11 is 1.08. The lowest BCUT2D eigenvalue weighted by Gasteiger charge is -2.06. The Hall–Kier alpha value is -1.86. The zero-order valence-electron chi connectivity index (χ0n) is 10.4. The number of rotatable bonds is 4. The Labute approximate surface area is 113 Å². The van der Waals surface area contributed by atoms with Crippen molar-refractivity contribution in [2.75, 3.05) is 0 Å². The smallest absolute Gasteiger partial charge is 0.283 e. The number of nitro benzene ring substituents is 1. The standard InChI is InChI=1S/C12H12N2O4S/c1-7-6-18-12(13-7)19-11-4-3-9(8(2)15)5-10(11)14(16)17/h3-6,8,15H,1-2H3/t8-/m0/s1. The lowest BCUT2D eigenvalue weighted by molar-refractivity contribution is -0.387. The molecule has 0 saturated carbocycles. The van der Waals surface area contributed by atoms with Crippen LogP contribution in [-0.4, -0.2) is 15.0 Å². The topological polar surface area (TPSA) is 89.4 Å². The van der Waals surface area contributed by atoms with Crippen molar-refractivity contribution in [3.8, 4) is 0 Å². The molecule has 0 aliphatic heterocycles. The molecule has 0 spiro atoms. The van der Waals surface area contributed by atoms with E-state index in [1.807, 2.05) is 0 Å². The Morgan fingerprint density at radius 3 is 2.79 bits per heavy atom. The zero-order valence-corrected chi connectivity index (χ0v) is 11.2. The molecule has 0 radical (unpaired) electrons.